The van der Waals surface area contributed by atoms with E-state index < -0.39 is 18.0 Å². The van der Waals surface area contributed by atoms with Gasteiger partial charge in [-0.2, -0.15) is 13.2 Å². The van der Waals surface area contributed by atoms with E-state index >= 15 is 0 Å². The Hall–Kier alpha value is -2.04. The molecule has 1 aromatic rings. The molecule has 0 radical (unpaired) electrons. The number of carbonyl (C=O) groups excluding carboxylic acids is 2. The van der Waals surface area contributed by atoms with E-state index in [4.69, 9.17) is 4.74 Å². The summed E-state index contributed by atoms with van der Waals surface area (Å²) in [7, 11) is 0. The fraction of sp³-hybridized carbons (Fsp3) is 0.571. The summed E-state index contributed by atoms with van der Waals surface area (Å²) in [5, 5.41) is -0.103. The zero-order valence-corrected chi connectivity index (χ0v) is 14.3. The van der Waals surface area contributed by atoms with Gasteiger partial charge in [-0.15, -0.1) is 0 Å². The van der Waals surface area contributed by atoms with E-state index in [0.29, 0.717) is 26.2 Å². The van der Waals surface area contributed by atoms with Gasteiger partial charge in [0, 0.05) is 32.4 Å². The van der Waals surface area contributed by atoms with Crippen LogP contribution >= 0.6 is 11.8 Å². The normalized spacial score (nSPS) is 15.2. The third kappa shape index (κ3) is 5.48. The second kappa shape index (κ2) is 8.37. The minimum Gasteiger partial charge on any atom is -0.450 e. The molecule has 0 saturated carbocycles. The van der Waals surface area contributed by atoms with E-state index in [0.717, 1.165) is 24.0 Å². The Morgan fingerprint density at radius 2 is 1.88 bits per heavy atom. The number of alkyl halides is 3. The number of piperazine rings is 1. The van der Waals surface area contributed by atoms with Crippen LogP contribution in [0.25, 0.3) is 0 Å². The number of ether oxygens (including phenoxy) is 1. The largest absolute Gasteiger partial charge is 0.450 e. The van der Waals surface area contributed by atoms with E-state index in [2.05, 4.69) is 9.97 Å². The lowest BCUT2D eigenvalue weighted by Crippen LogP contribution is -2.51. The molecular formula is C14H17F3N4O3S. The van der Waals surface area contributed by atoms with E-state index in [1.54, 1.807) is 11.8 Å². The Bertz CT molecular complexity index is 622. The average Bonchev–Trinajstić information content (AvgIpc) is 2.59. The molecule has 0 atom stereocenters. The first-order valence-corrected chi connectivity index (χ1v) is 8.52. The summed E-state index contributed by atoms with van der Waals surface area (Å²) in [6, 6.07) is 0.778. The van der Waals surface area contributed by atoms with Crippen molar-refractivity contribution in [2.45, 2.75) is 18.3 Å². The van der Waals surface area contributed by atoms with Gasteiger partial charge < -0.3 is 14.5 Å². The molecule has 0 N–H and O–H groups in total. The smallest absolute Gasteiger partial charge is 0.433 e. The van der Waals surface area contributed by atoms with Gasteiger partial charge in [-0.05, 0) is 13.0 Å². The van der Waals surface area contributed by atoms with Crippen LogP contribution in [0, 0.1) is 0 Å². The number of carbonyl (C=O) groups is 2. The van der Waals surface area contributed by atoms with Crippen LogP contribution in [0.5, 0.6) is 0 Å². The lowest BCUT2D eigenvalue weighted by Gasteiger charge is -2.34. The number of aromatic nitrogens is 2. The van der Waals surface area contributed by atoms with Crippen molar-refractivity contribution >= 4 is 23.8 Å². The quantitative estimate of drug-likeness (QED) is 0.588. The molecule has 1 aromatic heterocycles. The molecule has 2 amide bonds. The number of hydrogen-bond acceptors (Lipinski definition) is 6. The van der Waals surface area contributed by atoms with Gasteiger partial charge in [0.15, 0.2) is 5.16 Å². The molecular weight excluding hydrogens is 361 g/mol. The zero-order valence-electron chi connectivity index (χ0n) is 13.5. The van der Waals surface area contributed by atoms with Gasteiger partial charge in [-0.1, -0.05) is 11.8 Å². The van der Waals surface area contributed by atoms with Crippen molar-refractivity contribution in [3.05, 3.63) is 18.0 Å². The summed E-state index contributed by atoms with van der Waals surface area (Å²) in [6.45, 7) is 3.41. The second-order valence-corrected chi connectivity index (χ2v) is 6.02. The van der Waals surface area contributed by atoms with Crippen LogP contribution in [0.15, 0.2) is 17.4 Å². The fourth-order valence-electron chi connectivity index (χ4n) is 2.14. The predicted molar refractivity (Wildman–Crippen MR) is 82.9 cm³/mol. The van der Waals surface area contributed by atoms with Crippen LogP contribution in [-0.4, -0.2) is 70.3 Å². The molecule has 0 bridgehead atoms. The number of thioether (sulfide) groups is 1. The minimum absolute atomic E-state index is 0.0687. The highest BCUT2D eigenvalue weighted by Crippen LogP contribution is 2.28. The average molecular weight is 378 g/mol. The van der Waals surface area contributed by atoms with E-state index in [-0.39, 0.29) is 23.4 Å². The SMILES string of the molecule is CCOC(=O)N1CCN(C(=O)CSc2nccc(C(F)(F)F)n2)CC1. The van der Waals surface area contributed by atoms with Gasteiger partial charge in [0.05, 0.1) is 12.4 Å². The van der Waals surface area contributed by atoms with Gasteiger partial charge in [0.2, 0.25) is 5.91 Å². The molecule has 0 spiro atoms. The molecule has 1 fully saturated rings. The molecule has 2 heterocycles. The van der Waals surface area contributed by atoms with Crippen LogP contribution in [-0.2, 0) is 15.7 Å². The molecule has 7 nitrogen and oxygen atoms in total. The van der Waals surface area contributed by atoms with Crippen LogP contribution in [0.3, 0.4) is 0 Å². The highest BCUT2D eigenvalue weighted by Gasteiger charge is 2.33. The molecule has 1 aliphatic heterocycles. The number of amides is 2. The van der Waals surface area contributed by atoms with Crippen molar-refractivity contribution < 1.29 is 27.5 Å². The first-order chi connectivity index (χ1) is 11.8. The molecule has 0 aliphatic carbocycles. The highest BCUT2D eigenvalue weighted by atomic mass is 32.2. The Morgan fingerprint density at radius 1 is 1.24 bits per heavy atom. The molecule has 25 heavy (non-hydrogen) atoms. The predicted octanol–water partition coefficient (Wildman–Crippen LogP) is 1.89. The third-order valence-electron chi connectivity index (χ3n) is 3.41. The number of hydrogen-bond donors (Lipinski definition) is 0. The van der Waals surface area contributed by atoms with Gasteiger partial charge in [0.25, 0.3) is 0 Å². The number of halogens is 3. The summed E-state index contributed by atoms with van der Waals surface area (Å²) in [5.74, 6) is -0.310. The Labute approximate surface area is 146 Å². The summed E-state index contributed by atoms with van der Waals surface area (Å²) in [5.41, 5.74) is -1.04. The van der Waals surface area contributed by atoms with Crippen molar-refractivity contribution in [2.75, 3.05) is 38.5 Å². The van der Waals surface area contributed by atoms with Crippen molar-refractivity contribution in [2.24, 2.45) is 0 Å². The lowest BCUT2D eigenvalue weighted by atomic mass is 10.3. The summed E-state index contributed by atoms with van der Waals surface area (Å²) >= 11 is 0.849. The second-order valence-electron chi connectivity index (χ2n) is 5.08. The molecule has 138 valence electrons. The summed E-state index contributed by atoms with van der Waals surface area (Å²) in [6.07, 6.45) is -3.95. The van der Waals surface area contributed by atoms with Crippen molar-refractivity contribution in [1.82, 2.24) is 19.8 Å². The van der Waals surface area contributed by atoms with Crippen LogP contribution in [0.4, 0.5) is 18.0 Å². The lowest BCUT2D eigenvalue weighted by molar-refractivity contribution is -0.141. The zero-order chi connectivity index (χ0) is 18.4. The monoisotopic (exact) mass is 378 g/mol. The highest BCUT2D eigenvalue weighted by molar-refractivity contribution is 7.99. The van der Waals surface area contributed by atoms with Crippen molar-refractivity contribution in [3.8, 4) is 0 Å². The van der Waals surface area contributed by atoms with E-state index in [1.165, 1.54) is 4.90 Å². The summed E-state index contributed by atoms with van der Waals surface area (Å²) in [4.78, 5) is 33.9. The van der Waals surface area contributed by atoms with Crippen LogP contribution < -0.4 is 0 Å². The van der Waals surface area contributed by atoms with E-state index in [9.17, 15) is 22.8 Å². The Balaban J connectivity index is 1.83. The first kappa shape index (κ1) is 19.3. The standard InChI is InChI=1S/C14H17F3N4O3S/c1-2-24-13(23)21-7-5-20(6-8-21)11(22)9-25-12-18-4-3-10(19-12)14(15,16)17/h3-4H,2,5-9H2,1H3. The van der Waals surface area contributed by atoms with E-state index in [1.807, 2.05) is 0 Å². The number of nitrogens with zero attached hydrogens (tertiary/aromatic N) is 4. The maximum atomic E-state index is 12.6. The molecule has 0 aromatic carbocycles. The molecule has 1 aliphatic rings. The topological polar surface area (TPSA) is 75.6 Å². The van der Waals surface area contributed by atoms with Gasteiger partial charge in [-0.25, -0.2) is 14.8 Å². The minimum atomic E-state index is -4.55. The first-order valence-electron chi connectivity index (χ1n) is 7.53. The van der Waals surface area contributed by atoms with Gasteiger partial charge in [0.1, 0.15) is 5.69 Å². The van der Waals surface area contributed by atoms with Crippen molar-refractivity contribution in [1.29, 1.82) is 0 Å². The molecule has 1 saturated heterocycles. The Kier molecular flexibility index (Phi) is 6.45. The molecule has 0 unspecified atom stereocenters. The Morgan fingerprint density at radius 3 is 2.48 bits per heavy atom. The number of rotatable bonds is 4. The van der Waals surface area contributed by atoms with Gasteiger partial charge >= 0.3 is 12.3 Å². The molecule has 11 heteroatoms. The van der Waals surface area contributed by atoms with Crippen LogP contribution in [0.1, 0.15) is 12.6 Å². The summed E-state index contributed by atoms with van der Waals surface area (Å²) < 4.78 is 42.7. The van der Waals surface area contributed by atoms with Crippen LogP contribution in [0.2, 0.25) is 0 Å². The van der Waals surface area contributed by atoms with Crippen molar-refractivity contribution in [3.63, 3.8) is 0 Å². The molecule has 2 rings (SSSR count). The maximum Gasteiger partial charge on any atom is 0.433 e. The fourth-order valence-corrected chi connectivity index (χ4v) is 2.87. The van der Waals surface area contributed by atoms with Gasteiger partial charge in [-0.3, -0.25) is 4.79 Å². The maximum absolute atomic E-state index is 12.6. The third-order valence-corrected chi connectivity index (χ3v) is 4.25.